The van der Waals surface area contributed by atoms with Gasteiger partial charge in [0.2, 0.25) is 0 Å². The van der Waals surface area contributed by atoms with Gasteiger partial charge in [0, 0.05) is 5.56 Å². The van der Waals surface area contributed by atoms with E-state index >= 15 is 0 Å². The third-order valence-electron chi connectivity index (χ3n) is 7.33. The molecule has 0 N–H and O–H groups in total. The number of hydrogen-bond donors (Lipinski definition) is 0. The predicted octanol–water partition coefficient (Wildman–Crippen LogP) is 9.76. The molecule has 0 unspecified atom stereocenters. The number of benzene rings is 5. The van der Waals surface area contributed by atoms with Gasteiger partial charge in [0.15, 0.2) is 0 Å². The minimum Gasteiger partial charge on any atom is -0.292 e. The second-order valence-electron chi connectivity index (χ2n) is 10.5. The monoisotopic (exact) mass is 480 g/mol. The van der Waals surface area contributed by atoms with Crippen molar-refractivity contribution < 1.29 is 0 Å². The molecule has 0 saturated carbocycles. The Kier molecular flexibility index (Phi) is 5.88. The van der Waals surface area contributed by atoms with Crippen LogP contribution in [0.4, 0.5) is 0 Å². The van der Waals surface area contributed by atoms with Crippen LogP contribution in [0.15, 0.2) is 109 Å². The SMILES string of the molecule is CC(C)c1cccc(C(C)C)c1-n1c(-c2cccc(-c3ccc4ccccc4c3)c2)nc2ccccc21. The summed E-state index contributed by atoms with van der Waals surface area (Å²) >= 11 is 0. The number of rotatable bonds is 5. The fourth-order valence-corrected chi connectivity index (χ4v) is 5.42. The second kappa shape index (κ2) is 9.37. The van der Waals surface area contributed by atoms with Crippen LogP contribution >= 0.6 is 0 Å². The highest BCUT2D eigenvalue weighted by Gasteiger charge is 2.22. The number of aromatic nitrogens is 2. The summed E-state index contributed by atoms with van der Waals surface area (Å²) in [5.74, 6) is 1.78. The zero-order valence-corrected chi connectivity index (χ0v) is 21.9. The maximum Gasteiger partial charge on any atom is 0.145 e. The predicted molar refractivity (Wildman–Crippen MR) is 158 cm³/mol. The Labute approximate surface area is 219 Å². The molecular formula is C35H32N2. The van der Waals surface area contributed by atoms with E-state index in [1.54, 1.807) is 0 Å². The molecule has 0 amide bonds. The van der Waals surface area contributed by atoms with Crippen LogP contribution in [0.1, 0.15) is 50.7 Å². The molecule has 1 aromatic heterocycles. The topological polar surface area (TPSA) is 17.8 Å². The average molecular weight is 481 g/mol. The fraction of sp³-hybridized carbons (Fsp3) is 0.171. The van der Waals surface area contributed by atoms with Crippen molar-refractivity contribution in [1.29, 1.82) is 0 Å². The maximum atomic E-state index is 5.21. The summed E-state index contributed by atoms with van der Waals surface area (Å²) < 4.78 is 2.40. The standard InChI is InChI=1S/C35H32N2/c1-23(2)30-15-10-16-31(24(3)4)34(30)37-33-18-8-7-17-32(33)36-35(37)29-14-9-13-27(22-29)28-20-19-25-11-5-6-12-26(25)21-28/h5-24H,1-4H3. The molecule has 37 heavy (non-hydrogen) atoms. The second-order valence-corrected chi connectivity index (χ2v) is 10.5. The first-order chi connectivity index (χ1) is 18.0. The van der Waals surface area contributed by atoms with E-state index in [0.717, 1.165) is 22.4 Å². The molecule has 5 aromatic carbocycles. The van der Waals surface area contributed by atoms with Crippen LogP contribution in [0.2, 0.25) is 0 Å². The number of para-hydroxylation sites is 3. The number of nitrogens with zero attached hydrogens (tertiary/aromatic N) is 2. The van der Waals surface area contributed by atoms with Gasteiger partial charge in [-0.05, 0) is 69.1 Å². The highest BCUT2D eigenvalue weighted by atomic mass is 15.1. The molecular weight excluding hydrogens is 448 g/mol. The van der Waals surface area contributed by atoms with Crippen molar-refractivity contribution in [3.63, 3.8) is 0 Å². The smallest absolute Gasteiger partial charge is 0.145 e. The Hall–Kier alpha value is -4.17. The first kappa shape index (κ1) is 23.2. The van der Waals surface area contributed by atoms with Gasteiger partial charge in [-0.3, -0.25) is 4.57 Å². The van der Waals surface area contributed by atoms with Crippen molar-refractivity contribution in [1.82, 2.24) is 9.55 Å². The summed E-state index contributed by atoms with van der Waals surface area (Å²) in [5.41, 5.74) is 9.66. The average Bonchev–Trinajstić information content (AvgIpc) is 3.31. The molecule has 2 nitrogen and oxygen atoms in total. The van der Waals surface area contributed by atoms with Crippen LogP contribution in [0.25, 0.3) is 50.0 Å². The molecule has 6 rings (SSSR count). The molecule has 0 aliphatic carbocycles. The molecule has 0 fully saturated rings. The summed E-state index contributed by atoms with van der Waals surface area (Å²) in [7, 11) is 0. The van der Waals surface area contributed by atoms with Crippen molar-refractivity contribution in [2.45, 2.75) is 39.5 Å². The van der Waals surface area contributed by atoms with Crippen molar-refractivity contribution in [3.05, 3.63) is 120 Å². The van der Waals surface area contributed by atoms with E-state index in [2.05, 4.69) is 141 Å². The van der Waals surface area contributed by atoms with Gasteiger partial charge in [0.25, 0.3) is 0 Å². The first-order valence-electron chi connectivity index (χ1n) is 13.2. The Morgan fingerprint density at radius 2 is 1.16 bits per heavy atom. The minimum atomic E-state index is 0.395. The van der Waals surface area contributed by atoms with Crippen LogP contribution in [0.3, 0.4) is 0 Å². The lowest BCUT2D eigenvalue weighted by Gasteiger charge is -2.22. The molecule has 182 valence electrons. The van der Waals surface area contributed by atoms with Crippen molar-refractivity contribution in [3.8, 4) is 28.2 Å². The number of fused-ring (bicyclic) bond motifs is 2. The zero-order chi connectivity index (χ0) is 25.5. The van der Waals surface area contributed by atoms with E-state index in [4.69, 9.17) is 4.98 Å². The Balaban J connectivity index is 1.60. The lowest BCUT2D eigenvalue weighted by atomic mass is 9.92. The first-order valence-corrected chi connectivity index (χ1v) is 13.2. The summed E-state index contributed by atoms with van der Waals surface area (Å²) in [6.07, 6.45) is 0. The highest BCUT2D eigenvalue weighted by Crippen LogP contribution is 2.38. The highest BCUT2D eigenvalue weighted by molar-refractivity contribution is 5.89. The Morgan fingerprint density at radius 1 is 0.541 bits per heavy atom. The summed E-state index contributed by atoms with van der Waals surface area (Å²) in [4.78, 5) is 5.21. The maximum absolute atomic E-state index is 5.21. The van der Waals surface area contributed by atoms with Crippen LogP contribution in [0.5, 0.6) is 0 Å². The van der Waals surface area contributed by atoms with E-state index in [-0.39, 0.29) is 0 Å². The molecule has 0 aliphatic rings. The van der Waals surface area contributed by atoms with Crippen LogP contribution in [0, 0.1) is 0 Å². The Morgan fingerprint density at radius 3 is 1.92 bits per heavy atom. The van der Waals surface area contributed by atoms with Gasteiger partial charge in [-0.1, -0.05) is 113 Å². The van der Waals surface area contributed by atoms with Gasteiger partial charge < -0.3 is 0 Å². The van der Waals surface area contributed by atoms with Gasteiger partial charge in [-0.25, -0.2) is 4.98 Å². The number of imidazole rings is 1. The third-order valence-corrected chi connectivity index (χ3v) is 7.33. The van der Waals surface area contributed by atoms with E-state index < -0.39 is 0 Å². The normalized spacial score (nSPS) is 11.7. The van der Waals surface area contributed by atoms with E-state index in [9.17, 15) is 0 Å². The molecule has 6 aromatic rings. The van der Waals surface area contributed by atoms with Crippen molar-refractivity contribution >= 4 is 21.8 Å². The molecule has 0 saturated heterocycles. The molecule has 2 heteroatoms. The van der Waals surface area contributed by atoms with Crippen molar-refractivity contribution in [2.75, 3.05) is 0 Å². The van der Waals surface area contributed by atoms with Gasteiger partial charge in [0.1, 0.15) is 5.82 Å². The lowest BCUT2D eigenvalue weighted by Crippen LogP contribution is -2.08. The van der Waals surface area contributed by atoms with Gasteiger partial charge in [-0.2, -0.15) is 0 Å². The van der Waals surface area contributed by atoms with Gasteiger partial charge >= 0.3 is 0 Å². The molecule has 0 bridgehead atoms. The Bertz CT molecular complexity index is 1710. The minimum absolute atomic E-state index is 0.395. The van der Waals surface area contributed by atoms with E-state index in [1.807, 2.05) is 0 Å². The van der Waals surface area contributed by atoms with Gasteiger partial charge in [-0.15, -0.1) is 0 Å². The molecule has 1 heterocycles. The molecule has 0 radical (unpaired) electrons. The number of hydrogen-bond acceptors (Lipinski definition) is 1. The van der Waals surface area contributed by atoms with Crippen LogP contribution in [-0.2, 0) is 0 Å². The molecule has 0 spiro atoms. The van der Waals surface area contributed by atoms with E-state index in [1.165, 1.54) is 38.7 Å². The zero-order valence-electron chi connectivity index (χ0n) is 21.9. The quantitative estimate of drug-likeness (QED) is 0.240. The van der Waals surface area contributed by atoms with Crippen LogP contribution in [-0.4, -0.2) is 9.55 Å². The van der Waals surface area contributed by atoms with E-state index in [0.29, 0.717) is 11.8 Å². The lowest BCUT2D eigenvalue weighted by molar-refractivity contribution is 0.811. The largest absolute Gasteiger partial charge is 0.292 e. The summed E-state index contributed by atoms with van der Waals surface area (Å²) in [6.45, 7) is 9.12. The molecule has 0 aliphatic heterocycles. The van der Waals surface area contributed by atoms with Crippen LogP contribution < -0.4 is 0 Å². The molecule has 0 atom stereocenters. The summed E-state index contributed by atoms with van der Waals surface area (Å²) in [6, 6.07) is 39.3. The summed E-state index contributed by atoms with van der Waals surface area (Å²) in [5, 5.41) is 2.51. The van der Waals surface area contributed by atoms with Crippen molar-refractivity contribution in [2.24, 2.45) is 0 Å². The third kappa shape index (κ3) is 4.13. The van der Waals surface area contributed by atoms with Gasteiger partial charge in [0.05, 0.1) is 16.7 Å². The fourth-order valence-electron chi connectivity index (χ4n) is 5.42.